The molecule has 2 aromatic rings. The average molecular weight is 352 g/mol. The van der Waals surface area contributed by atoms with Crippen molar-refractivity contribution in [3.63, 3.8) is 0 Å². The summed E-state index contributed by atoms with van der Waals surface area (Å²) in [6, 6.07) is 5.37. The van der Waals surface area contributed by atoms with Gasteiger partial charge in [0.1, 0.15) is 17.4 Å². The maximum absolute atomic E-state index is 14.4. The fourth-order valence-electron chi connectivity index (χ4n) is 2.28. The molecule has 0 aliphatic carbocycles. The van der Waals surface area contributed by atoms with E-state index in [1.807, 2.05) is 0 Å². The summed E-state index contributed by atoms with van der Waals surface area (Å²) in [6.07, 6.45) is 0. The third-order valence-electron chi connectivity index (χ3n) is 3.46. The first-order chi connectivity index (χ1) is 11.5. The minimum Gasteiger partial charge on any atom is -0.507 e. The van der Waals surface area contributed by atoms with Gasteiger partial charge in [-0.25, -0.2) is 17.6 Å². The predicted molar refractivity (Wildman–Crippen MR) is 89.9 cm³/mol. The van der Waals surface area contributed by atoms with Crippen LogP contribution in [0.15, 0.2) is 43.5 Å². The lowest BCUT2D eigenvalue weighted by Gasteiger charge is -2.18. The molecule has 0 saturated carbocycles. The summed E-state index contributed by atoms with van der Waals surface area (Å²) < 4.78 is 55.0. The highest BCUT2D eigenvalue weighted by Crippen LogP contribution is 2.37. The van der Waals surface area contributed by atoms with Crippen molar-refractivity contribution in [1.29, 1.82) is 0 Å². The molecule has 0 atom stereocenters. The Morgan fingerprint density at radius 1 is 1.16 bits per heavy atom. The third kappa shape index (κ3) is 3.93. The molecule has 4 N–H and O–H groups in total. The van der Waals surface area contributed by atoms with Crippen LogP contribution in [0.3, 0.4) is 0 Å². The van der Waals surface area contributed by atoms with Crippen LogP contribution in [-0.2, 0) is 5.92 Å². The minimum absolute atomic E-state index is 0.106. The zero-order chi connectivity index (χ0) is 18.9. The van der Waals surface area contributed by atoms with Gasteiger partial charge in [-0.2, -0.15) is 0 Å². The Labute approximate surface area is 142 Å². The molecule has 0 bridgehead atoms. The molecule has 0 radical (unpaired) electrons. The van der Waals surface area contributed by atoms with Gasteiger partial charge >= 0.3 is 0 Å². The number of phenols is 1. The van der Waals surface area contributed by atoms with Crippen LogP contribution in [0.2, 0.25) is 0 Å². The van der Waals surface area contributed by atoms with Gasteiger partial charge in [-0.15, -0.1) is 0 Å². The van der Waals surface area contributed by atoms with Crippen molar-refractivity contribution >= 4 is 17.1 Å². The second-order valence-electron chi connectivity index (χ2n) is 5.57. The lowest BCUT2D eigenvalue weighted by Crippen LogP contribution is -2.12. The number of hydrogen-bond acceptors (Lipinski definition) is 3. The van der Waals surface area contributed by atoms with Gasteiger partial charge in [-0.1, -0.05) is 13.2 Å². The Morgan fingerprint density at radius 2 is 1.80 bits per heavy atom. The maximum atomic E-state index is 14.4. The standard InChI is InChI=1S/C18H16F4N2O/c1-9(23)11-6-12(19)8-13(7-11)24-10(2)16-15(25)5-4-14(17(16)20)18(3,21)22/h4-8,24-25H,1-2,23H2,3H3. The topological polar surface area (TPSA) is 58.3 Å². The minimum atomic E-state index is -3.45. The number of nitrogens with two attached hydrogens (primary N) is 1. The summed E-state index contributed by atoms with van der Waals surface area (Å²) in [5.41, 5.74) is 4.40. The Balaban J connectivity index is 2.44. The molecule has 0 heterocycles. The van der Waals surface area contributed by atoms with Crippen LogP contribution in [-0.4, -0.2) is 5.11 Å². The molecular weight excluding hydrogens is 336 g/mol. The van der Waals surface area contributed by atoms with Crippen molar-refractivity contribution in [2.24, 2.45) is 5.73 Å². The lowest BCUT2D eigenvalue weighted by molar-refractivity contribution is 0.0136. The van der Waals surface area contributed by atoms with Crippen LogP contribution in [0.5, 0.6) is 5.75 Å². The van der Waals surface area contributed by atoms with Crippen molar-refractivity contribution in [1.82, 2.24) is 0 Å². The second-order valence-corrected chi connectivity index (χ2v) is 5.57. The molecule has 132 valence electrons. The number of phenolic OH excluding ortho intramolecular Hbond substituents is 1. The molecule has 0 aliphatic rings. The first-order valence-electron chi connectivity index (χ1n) is 7.12. The molecule has 0 spiro atoms. The van der Waals surface area contributed by atoms with E-state index in [0.717, 1.165) is 24.3 Å². The molecule has 0 aromatic heterocycles. The highest BCUT2D eigenvalue weighted by Gasteiger charge is 2.31. The van der Waals surface area contributed by atoms with Gasteiger partial charge in [-0.05, 0) is 30.3 Å². The van der Waals surface area contributed by atoms with Gasteiger partial charge in [-0.3, -0.25) is 0 Å². The van der Waals surface area contributed by atoms with Gasteiger partial charge in [0.25, 0.3) is 5.92 Å². The molecular formula is C18H16F4N2O. The molecule has 3 nitrogen and oxygen atoms in total. The second kappa shape index (κ2) is 6.51. The van der Waals surface area contributed by atoms with Gasteiger partial charge in [0.15, 0.2) is 0 Å². The summed E-state index contributed by atoms with van der Waals surface area (Å²) in [4.78, 5) is 0. The van der Waals surface area contributed by atoms with Crippen molar-refractivity contribution in [2.45, 2.75) is 12.8 Å². The largest absolute Gasteiger partial charge is 0.507 e. The van der Waals surface area contributed by atoms with Crippen LogP contribution in [0, 0.1) is 11.6 Å². The Hall–Kier alpha value is -2.96. The third-order valence-corrected chi connectivity index (χ3v) is 3.46. The van der Waals surface area contributed by atoms with Gasteiger partial charge in [0, 0.05) is 29.6 Å². The van der Waals surface area contributed by atoms with E-state index in [9.17, 15) is 22.7 Å². The number of hydrogen-bond donors (Lipinski definition) is 3. The van der Waals surface area contributed by atoms with Gasteiger partial charge in [0.05, 0.1) is 11.1 Å². The smallest absolute Gasteiger partial charge is 0.273 e. The van der Waals surface area contributed by atoms with Gasteiger partial charge in [0.2, 0.25) is 0 Å². The van der Waals surface area contributed by atoms with E-state index in [4.69, 9.17) is 5.73 Å². The van der Waals surface area contributed by atoms with E-state index < -0.39 is 34.4 Å². The number of benzene rings is 2. The fraction of sp³-hybridized carbons (Fsp3) is 0.111. The van der Waals surface area contributed by atoms with Crippen molar-refractivity contribution in [2.75, 3.05) is 5.32 Å². The van der Waals surface area contributed by atoms with Crippen LogP contribution in [0.1, 0.15) is 23.6 Å². The van der Waals surface area contributed by atoms with Crippen LogP contribution in [0.25, 0.3) is 11.4 Å². The Kier molecular flexibility index (Phi) is 4.78. The number of anilines is 1. The first-order valence-corrected chi connectivity index (χ1v) is 7.12. The summed E-state index contributed by atoms with van der Waals surface area (Å²) in [5.74, 6) is -5.98. The SMILES string of the molecule is C=C(N)c1cc(F)cc(NC(=C)c2c(O)ccc(C(C)(F)F)c2F)c1. The molecule has 25 heavy (non-hydrogen) atoms. The highest BCUT2D eigenvalue weighted by atomic mass is 19.3. The van der Waals surface area contributed by atoms with E-state index in [-0.39, 0.29) is 22.6 Å². The first kappa shape index (κ1) is 18.4. The van der Waals surface area contributed by atoms with E-state index in [0.29, 0.717) is 6.92 Å². The summed E-state index contributed by atoms with van der Waals surface area (Å²) in [5, 5.41) is 12.4. The Bertz CT molecular complexity index is 857. The normalized spacial score (nSPS) is 11.2. The van der Waals surface area contributed by atoms with Crippen molar-refractivity contribution in [3.05, 3.63) is 71.8 Å². The molecule has 0 unspecified atom stereocenters. The van der Waals surface area contributed by atoms with Crippen LogP contribution in [0.4, 0.5) is 23.2 Å². The number of nitrogens with one attached hydrogen (secondary N) is 1. The van der Waals surface area contributed by atoms with E-state index in [1.54, 1.807) is 0 Å². The molecule has 7 heteroatoms. The van der Waals surface area contributed by atoms with Crippen molar-refractivity contribution in [3.8, 4) is 5.75 Å². The molecule has 0 aliphatic heterocycles. The molecule has 2 aromatic carbocycles. The monoisotopic (exact) mass is 352 g/mol. The van der Waals surface area contributed by atoms with Crippen LogP contribution >= 0.6 is 0 Å². The van der Waals surface area contributed by atoms with Crippen LogP contribution < -0.4 is 11.1 Å². The fourth-order valence-corrected chi connectivity index (χ4v) is 2.28. The number of rotatable bonds is 5. The summed E-state index contributed by atoms with van der Waals surface area (Å²) in [6.45, 7) is 7.56. The molecule has 0 amide bonds. The van der Waals surface area contributed by atoms with Crippen molar-refractivity contribution < 1.29 is 22.7 Å². The lowest BCUT2D eigenvalue weighted by atomic mass is 10.0. The van der Waals surface area contributed by atoms with Gasteiger partial charge < -0.3 is 16.2 Å². The number of halogens is 4. The number of aromatic hydroxyl groups is 1. The Morgan fingerprint density at radius 3 is 2.36 bits per heavy atom. The van der Waals surface area contributed by atoms with E-state index in [1.165, 1.54) is 6.07 Å². The maximum Gasteiger partial charge on any atom is 0.273 e. The summed E-state index contributed by atoms with van der Waals surface area (Å²) >= 11 is 0. The van der Waals surface area contributed by atoms with E-state index >= 15 is 0 Å². The predicted octanol–water partition coefficient (Wildman–Crippen LogP) is 4.79. The average Bonchev–Trinajstić information content (AvgIpc) is 2.44. The highest BCUT2D eigenvalue weighted by molar-refractivity contribution is 5.80. The molecule has 0 fully saturated rings. The molecule has 2 rings (SSSR count). The zero-order valence-corrected chi connectivity index (χ0v) is 13.3. The van der Waals surface area contributed by atoms with E-state index in [2.05, 4.69) is 18.5 Å². The quantitative estimate of drug-likeness (QED) is 0.678. The zero-order valence-electron chi connectivity index (χ0n) is 13.3. The summed E-state index contributed by atoms with van der Waals surface area (Å²) in [7, 11) is 0. The molecule has 0 saturated heterocycles. The number of alkyl halides is 2.